The van der Waals surface area contributed by atoms with Gasteiger partial charge < -0.3 is 5.32 Å². The normalized spacial score (nSPS) is 11.9. The lowest BCUT2D eigenvalue weighted by molar-refractivity contribution is 0.881. The number of hydrogen-bond acceptors (Lipinski definition) is 2. The zero-order chi connectivity index (χ0) is 21.3. The van der Waals surface area contributed by atoms with Crippen molar-refractivity contribution in [2.24, 2.45) is 0 Å². The summed E-state index contributed by atoms with van der Waals surface area (Å²) in [5.74, 6) is 0. The molecule has 0 saturated carbocycles. The van der Waals surface area contributed by atoms with Crippen LogP contribution in [-0.2, 0) is 0 Å². The Hall–Kier alpha value is -4.37. The molecule has 32 heavy (non-hydrogen) atoms. The Balaban J connectivity index is 1.50. The highest BCUT2D eigenvalue weighted by molar-refractivity contribution is 5.98. The van der Waals surface area contributed by atoms with Crippen LogP contribution in [0.2, 0.25) is 0 Å². The fraction of sp³-hybridized carbons (Fsp3) is 0. The maximum Gasteiger partial charge on any atom is 0.0651 e. The van der Waals surface area contributed by atoms with Crippen molar-refractivity contribution in [2.45, 2.75) is 0 Å². The molecule has 0 unspecified atom stereocenters. The summed E-state index contributed by atoms with van der Waals surface area (Å²) in [5, 5.41) is 8.20. The first kappa shape index (κ1) is 18.4. The smallest absolute Gasteiger partial charge is 0.0651 e. The van der Waals surface area contributed by atoms with Crippen molar-refractivity contribution in [1.29, 1.82) is 0 Å². The molecule has 3 heteroatoms. The molecule has 0 spiro atoms. The minimum Gasteiger partial charge on any atom is -0.354 e. The lowest BCUT2D eigenvalue weighted by atomic mass is 9.98. The monoisotopic (exact) mass is 411 g/mol. The van der Waals surface area contributed by atoms with Crippen molar-refractivity contribution in [3.8, 4) is 27.9 Å². The van der Waals surface area contributed by atoms with E-state index in [0.717, 1.165) is 28.2 Å². The van der Waals surface area contributed by atoms with Gasteiger partial charge in [-0.05, 0) is 40.5 Å². The van der Waals surface area contributed by atoms with Crippen molar-refractivity contribution in [2.75, 3.05) is 5.32 Å². The number of fused-ring (bicyclic) bond motifs is 2. The largest absolute Gasteiger partial charge is 0.354 e. The second kappa shape index (κ2) is 7.71. The average molecular weight is 412 g/mol. The van der Waals surface area contributed by atoms with Crippen LogP contribution in [0.5, 0.6) is 0 Å². The molecule has 0 bridgehead atoms. The van der Waals surface area contributed by atoms with E-state index in [1.165, 1.54) is 22.3 Å². The summed E-state index contributed by atoms with van der Waals surface area (Å²) >= 11 is 0. The number of aromatic nitrogens is 2. The Labute approximate surface area is 187 Å². The van der Waals surface area contributed by atoms with Gasteiger partial charge in [0.15, 0.2) is 0 Å². The molecule has 4 aromatic carbocycles. The number of rotatable bonds is 3. The van der Waals surface area contributed by atoms with Crippen LogP contribution >= 0.6 is 0 Å². The van der Waals surface area contributed by atoms with Gasteiger partial charge >= 0.3 is 0 Å². The van der Waals surface area contributed by atoms with Crippen molar-refractivity contribution < 1.29 is 0 Å². The summed E-state index contributed by atoms with van der Waals surface area (Å²) < 4.78 is 1.89. The van der Waals surface area contributed by atoms with Gasteiger partial charge in [-0.15, -0.1) is 0 Å². The van der Waals surface area contributed by atoms with Gasteiger partial charge in [0, 0.05) is 23.5 Å². The maximum atomic E-state index is 4.39. The van der Waals surface area contributed by atoms with Gasteiger partial charge in [-0.2, -0.15) is 5.10 Å². The fourth-order valence-corrected chi connectivity index (χ4v) is 4.34. The highest BCUT2D eigenvalue weighted by Gasteiger charge is 2.17. The minimum absolute atomic E-state index is 1.04. The summed E-state index contributed by atoms with van der Waals surface area (Å²) in [5.41, 5.74) is 10.3. The van der Waals surface area contributed by atoms with Gasteiger partial charge in [0.1, 0.15) is 0 Å². The van der Waals surface area contributed by atoms with Crippen molar-refractivity contribution in [3.63, 3.8) is 0 Å². The predicted octanol–water partition coefficient (Wildman–Crippen LogP) is 7.43. The van der Waals surface area contributed by atoms with Gasteiger partial charge in [-0.3, -0.25) is 0 Å². The van der Waals surface area contributed by atoms with E-state index >= 15 is 0 Å². The van der Waals surface area contributed by atoms with Gasteiger partial charge in [-0.25, -0.2) is 4.68 Å². The third-order valence-electron chi connectivity index (χ3n) is 5.90. The topological polar surface area (TPSA) is 29.9 Å². The molecule has 1 aliphatic rings. The molecule has 0 radical (unpaired) electrons. The van der Waals surface area contributed by atoms with Crippen LogP contribution in [0.3, 0.4) is 0 Å². The van der Waals surface area contributed by atoms with Gasteiger partial charge in [0.2, 0.25) is 0 Å². The SMILES string of the molecule is C1=Cc2cccc(-c3cccc(-n4cccn4)c3)c2Nc2c1cccc2-c1ccccc1. The number of hydrogen-bond donors (Lipinski definition) is 1. The molecule has 1 aliphatic heterocycles. The van der Waals surface area contributed by atoms with E-state index in [1.807, 2.05) is 16.9 Å². The highest BCUT2D eigenvalue weighted by atomic mass is 15.3. The Morgan fingerprint density at radius 1 is 0.594 bits per heavy atom. The second-order valence-corrected chi connectivity index (χ2v) is 7.86. The molecule has 1 aromatic heterocycles. The van der Waals surface area contributed by atoms with Crippen molar-refractivity contribution >= 4 is 23.5 Å². The minimum atomic E-state index is 1.04. The van der Waals surface area contributed by atoms with E-state index in [9.17, 15) is 0 Å². The van der Waals surface area contributed by atoms with Gasteiger partial charge in [-0.1, -0.05) is 91.0 Å². The third kappa shape index (κ3) is 3.21. The van der Waals surface area contributed by atoms with Crippen molar-refractivity contribution in [1.82, 2.24) is 9.78 Å². The summed E-state index contributed by atoms with van der Waals surface area (Å²) in [4.78, 5) is 0. The van der Waals surface area contributed by atoms with Crippen LogP contribution in [0.15, 0.2) is 109 Å². The van der Waals surface area contributed by atoms with E-state index in [-0.39, 0.29) is 0 Å². The molecule has 152 valence electrons. The van der Waals surface area contributed by atoms with Crippen LogP contribution in [0, 0.1) is 0 Å². The number of nitrogens with zero attached hydrogens (tertiary/aromatic N) is 2. The number of benzene rings is 4. The zero-order valence-corrected chi connectivity index (χ0v) is 17.4. The predicted molar refractivity (Wildman–Crippen MR) is 133 cm³/mol. The van der Waals surface area contributed by atoms with Crippen LogP contribution < -0.4 is 5.32 Å². The molecule has 2 heterocycles. The molecule has 0 aliphatic carbocycles. The summed E-state index contributed by atoms with van der Waals surface area (Å²) in [7, 11) is 0. The van der Waals surface area contributed by atoms with Crippen LogP contribution in [-0.4, -0.2) is 9.78 Å². The van der Waals surface area contributed by atoms with E-state index in [4.69, 9.17) is 0 Å². The molecule has 0 fully saturated rings. The lowest BCUT2D eigenvalue weighted by Crippen LogP contribution is -1.99. The number of nitrogens with one attached hydrogen (secondary N) is 1. The summed E-state index contributed by atoms with van der Waals surface area (Å²) in [6.45, 7) is 0. The van der Waals surface area contributed by atoms with Crippen molar-refractivity contribution in [3.05, 3.63) is 121 Å². The molecule has 1 N–H and O–H groups in total. The molecular formula is C29H21N3. The average Bonchev–Trinajstić information content (AvgIpc) is 3.32. The maximum absolute atomic E-state index is 4.39. The molecule has 5 aromatic rings. The standard InChI is InChI=1S/C29H21N3/c1-2-8-21(9-3-1)26-14-5-10-22-16-17-23-11-6-15-27(29(23)31-28(22)26)24-12-4-13-25(20-24)32-19-7-18-30-32/h1-20,31H. The molecular weight excluding hydrogens is 390 g/mol. The summed E-state index contributed by atoms with van der Waals surface area (Å²) in [6, 6.07) is 33.9. The van der Waals surface area contributed by atoms with Crippen LogP contribution in [0.1, 0.15) is 11.1 Å². The zero-order valence-electron chi connectivity index (χ0n) is 17.4. The first-order chi connectivity index (χ1) is 15.9. The quantitative estimate of drug-likeness (QED) is 0.328. The Morgan fingerprint density at radius 3 is 1.94 bits per heavy atom. The van der Waals surface area contributed by atoms with Gasteiger partial charge in [0.25, 0.3) is 0 Å². The number of para-hydroxylation sites is 2. The molecule has 0 saturated heterocycles. The van der Waals surface area contributed by atoms with E-state index in [0.29, 0.717) is 0 Å². The summed E-state index contributed by atoms with van der Waals surface area (Å²) in [6.07, 6.45) is 8.16. The molecule has 0 atom stereocenters. The Morgan fingerprint density at radius 2 is 1.25 bits per heavy atom. The van der Waals surface area contributed by atoms with Crippen LogP contribution in [0.25, 0.3) is 40.1 Å². The molecule has 3 nitrogen and oxygen atoms in total. The van der Waals surface area contributed by atoms with E-state index in [2.05, 4.69) is 114 Å². The Bertz CT molecular complexity index is 1430. The van der Waals surface area contributed by atoms with Gasteiger partial charge in [0.05, 0.1) is 17.1 Å². The Kier molecular flexibility index (Phi) is 4.43. The number of anilines is 2. The van der Waals surface area contributed by atoms with Crippen LogP contribution in [0.4, 0.5) is 11.4 Å². The first-order valence-electron chi connectivity index (χ1n) is 10.7. The highest BCUT2D eigenvalue weighted by Crippen LogP contribution is 2.41. The fourth-order valence-electron chi connectivity index (χ4n) is 4.34. The second-order valence-electron chi connectivity index (χ2n) is 7.86. The lowest BCUT2D eigenvalue weighted by Gasteiger charge is -2.18. The van der Waals surface area contributed by atoms with E-state index in [1.54, 1.807) is 6.20 Å². The molecule has 0 amide bonds. The third-order valence-corrected chi connectivity index (χ3v) is 5.90. The van der Waals surface area contributed by atoms with E-state index < -0.39 is 0 Å². The molecule has 6 rings (SSSR count). The first-order valence-corrected chi connectivity index (χ1v) is 10.7.